The molecule has 0 aliphatic carbocycles. The molecule has 0 atom stereocenters. The molecule has 3 aromatic rings. The molecule has 0 fully saturated rings. The van der Waals surface area contributed by atoms with Crippen molar-refractivity contribution in [3.8, 4) is 17.1 Å². The molecule has 24 heavy (non-hydrogen) atoms. The molecule has 0 saturated heterocycles. The third-order valence-electron chi connectivity index (χ3n) is 3.67. The Bertz CT molecular complexity index is 995. The highest BCUT2D eigenvalue weighted by molar-refractivity contribution is 5.83. The highest BCUT2D eigenvalue weighted by atomic mass is 16.6. The minimum atomic E-state index is -0.496. The summed E-state index contributed by atoms with van der Waals surface area (Å²) < 4.78 is 5.52. The van der Waals surface area contributed by atoms with Crippen molar-refractivity contribution in [2.75, 3.05) is 6.61 Å². The van der Waals surface area contributed by atoms with Gasteiger partial charge in [-0.05, 0) is 31.5 Å². The van der Waals surface area contributed by atoms with E-state index in [1.165, 1.54) is 18.2 Å². The predicted octanol–water partition coefficient (Wildman–Crippen LogP) is 3.21. The van der Waals surface area contributed by atoms with Gasteiger partial charge in [0.25, 0.3) is 11.2 Å². The Morgan fingerprint density at radius 1 is 1.29 bits per heavy atom. The van der Waals surface area contributed by atoms with Crippen molar-refractivity contribution in [2.45, 2.75) is 13.8 Å². The fraction of sp³-hybridized carbons (Fsp3) is 0.176. The number of aromatic nitrogens is 2. The first kappa shape index (κ1) is 15.7. The molecule has 0 saturated carbocycles. The number of non-ortho nitro benzene ring substituents is 1. The van der Waals surface area contributed by atoms with Gasteiger partial charge in [0, 0.05) is 12.1 Å². The van der Waals surface area contributed by atoms with E-state index in [1.54, 1.807) is 12.1 Å². The average molecular weight is 325 g/mol. The molecular formula is C17H15N3O4. The summed E-state index contributed by atoms with van der Waals surface area (Å²) in [4.78, 5) is 30.1. The van der Waals surface area contributed by atoms with Gasteiger partial charge in [0.05, 0.1) is 28.0 Å². The molecule has 7 heteroatoms. The number of aromatic amines is 1. The van der Waals surface area contributed by atoms with Crippen LogP contribution in [0.5, 0.6) is 5.75 Å². The van der Waals surface area contributed by atoms with Gasteiger partial charge in [-0.25, -0.2) is 4.98 Å². The lowest BCUT2D eigenvalue weighted by atomic mass is 10.1. The van der Waals surface area contributed by atoms with Crippen LogP contribution in [0.25, 0.3) is 22.3 Å². The van der Waals surface area contributed by atoms with E-state index in [4.69, 9.17) is 4.74 Å². The number of ether oxygens (including phenoxy) is 1. The molecule has 0 amide bonds. The average Bonchev–Trinajstić information content (AvgIpc) is 2.56. The first-order valence-electron chi connectivity index (χ1n) is 7.42. The molecule has 3 rings (SSSR count). The molecule has 7 nitrogen and oxygen atoms in total. The Balaban J connectivity index is 2.30. The van der Waals surface area contributed by atoms with Crippen molar-refractivity contribution >= 4 is 16.6 Å². The van der Waals surface area contributed by atoms with Crippen LogP contribution in [0.3, 0.4) is 0 Å². The topological polar surface area (TPSA) is 98.1 Å². The summed E-state index contributed by atoms with van der Waals surface area (Å²) in [5.41, 5.74) is 1.40. The number of para-hydroxylation sites is 1. The number of hydrogen-bond acceptors (Lipinski definition) is 5. The second kappa shape index (κ2) is 6.11. The minimum absolute atomic E-state index is 0.0963. The molecule has 0 aliphatic heterocycles. The van der Waals surface area contributed by atoms with Crippen molar-refractivity contribution in [1.82, 2.24) is 9.97 Å². The van der Waals surface area contributed by atoms with Gasteiger partial charge in [-0.2, -0.15) is 0 Å². The van der Waals surface area contributed by atoms with Crippen LogP contribution in [0.4, 0.5) is 5.69 Å². The van der Waals surface area contributed by atoms with Crippen molar-refractivity contribution in [3.63, 3.8) is 0 Å². The van der Waals surface area contributed by atoms with E-state index in [-0.39, 0.29) is 17.1 Å². The minimum Gasteiger partial charge on any atom is -0.493 e. The molecule has 0 aliphatic rings. The van der Waals surface area contributed by atoms with Gasteiger partial charge in [0.15, 0.2) is 0 Å². The monoisotopic (exact) mass is 325 g/mol. The first-order valence-corrected chi connectivity index (χ1v) is 7.42. The van der Waals surface area contributed by atoms with Gasteiger partial charge in [-0.3, -0.25) is 14.9 Å². The summed E-state index contributed by atoms with van der Waals surface area (Å²) in [5.74, 6) is 0.674. The second-order valence-electron chi connectivity index (χ2n) is 5.26. The van der Waals surface area contributed by atoms with E-state index in [1.807, 2.05) is 19.9 Å². The number of H-pyrrole nitrogens is 1. The molecule has 1 heterocycles. The Morgan fingerprint density at radius 2 is 2.08 bits per heavy atom. The first-order chi connectivity index (χ1) is 11.5. The van der Waals surface area contributed by atoms with Crippen LogP contribution < -0.4 is 10.3 Å². The molecule has 0 radical (unpaired) electrons. The van der Waals surface area contributed by atoms with Crippen LogP contribution in [0.15, 0.2) is 41.2 Å². The van der Waals surface area contributed by atoms with Crippen molar-refractivity contribution in [1.29, 1.82) is 0 Å². The quantitative estimate of drug-likeness (QED) is 0.586. The zero-order valence-corrected chi connectivity index (χ0v) is 13.2. The largest absolute Gasteiger partial charge is 0.493 e. The third kappa shape index (κ3) is 2.71. The van der Waals surface area contributed by atoms with Gasteiger partial charge in [0.1, 0.15) is 11.6 Å². The van der Waals surface area contributed by atoms with Crippen molar-refractivity contribution in [3.05, 3.63) is 62.4 Å². The lowest BCUT2D eigenvalue weighted by molar-refractivity contribution is -0.384. The molecule has 0 bridgehead atoms. The molecule has 0 unspecified atom stereocenters. The Morgan fingerprint density at radius 3 is 2.79 bits per heavy atom. The summed E-state index contributed by atoms with van der Waals surface area (Å²) in [5, 5.41) is 11.5. The van der Waals surface area contributed by atoms with Gasteiger partial charge >= 0.3 is 0 Å². The highest BCUT2D eigenvalue weighted by Gasteiger charge is 2.16. The fourth-order valence-electron chi connectivity index (χ4n) is 2.53. The normalized spacial score (nSPS) is 10.8. The number of benzene rings is 2. The van der Waals surface area contributed by atoms with Crippen LogP contribution >= 0.6 is 0 Å². The number of fused-ring (bicyclic) bond motifs is 1. The van der Waals surface area contributed by atoms with Crippen LogP contribution in [0.2, 0.25) is 0 Å². The van der Waals surface area contributed by atoms with E-state index in [0.29, 0.717) is 28.8 Å². The third-order valence-corrected chi connectivity index (χ3v) is 3.67. The number of nitro benzene ring substituents is 1. The van der Waals surface area contributed by atoms with Gasteiger partial charge in [-0.15, -0.1) is 0 Å². The molecule has 1 aromatic heterocycles. The molecular weight excluding hydrogens is 310 g/mol. The van der Waals surface area contributed by atoms with E-state index in [2.05, 4.69) is 9.97 Å². The van der Waals surface area contributed by atoms with Crippen molar-refractivity contribution < 1.29 is 9.66 Å². The van der Waals surface area contributed by atoms with Crippen LogP contribution in [-0.2, 0) is 0 Å². The number of nitrogens with one attached hydrogen (secondary N) is 1. The Labute approximate surface area is 137 Å². The zero-order chi connectivity index (χ0) is 17.3. The van der Waals surface area contributed by atoms with E-state index < -0.39 is 4.92 Å². The maximum absolute atomic E-state index is 12.3. The summed E-state index contributed by atoms with van der Waals surface area (Å²) in [6, 6.07) is 9.56. The molecule has 2 aromatic carbocycles. The standard InChI is InChI=1S/C17H15N3O4/c1-3-24-14-8-7-11(20(22)23)9-13(14)16-18-15-10(2)5-4-6-12(15)17(21)19-16/h4-9H,3H2,1-2H3,(H,18,19,21). The highest BCUT2D eigenvalue weighted by Crippen LogP contribution is 2.31. The summed E-state index contributed by atoms with van der Waals surface area (Å²) >= 11 is 0. The summed E-state index contributed by atoms with van der Waals surface area (Å²) in [6.07, 6.45) is 0. The number of rotatable bonds is 4. The van der Waals surface area contributed by atoms with Crippen LogP contribution in [0, 0.1) is 17.0 Å². The van der Waals surface area contributed by atoms with E-state index in [0.717, 1.165) is 5.56 Å². The lowest BCUT2D eigenvalue weighted by Gasteiger charge is -2.10. The predicted molar refractivity (Wildman–Crippen MR) is 90.4 cm³/mol. The summed E-state index contributed by atoms with van der Waals surface area (Å²) in [7, 11) is 0. The number of nitro groups is 1. The van der Waals surface area contributed by atoms with E-state index in [9.17, 15) is 14.9 Å². The fourth-order valence-corrected chi connectivity index (χ4v) is 2.53. The number of aryl methyl sites for hydroxylation is 1. The summed E-state index contributed by atoms with van der Waals surface area (Å²) in [6.45, 7) is 4.06. The SMILES string of the molecule is CCOc1ccc([N+](=O)[O-])cc1-c1nc2c(C)cccc2c(=O)[nH]1. The van der Waals surface area contributed by atoms with Gasteiger partial charge in [0.2, 0.25) is 0 Å². The lowest BCUT2D eigenvalue weighted by Crippen LogP contribution is -2.11. The van der Waals surface area contributed by atoms with Crippen LogP contribution in [-0.4, -0.2) is 21.5 Å². The van der Waals surface area contributed by atoms with E-state index >= 15 is 0 Å². The molecule has 1 N–H and O–H groups in total. The second-order valence-corrected chi connectivity index (χ2v) is 5.26. The zero-order valence-electron chi connectivity index (χ0n) is 13.2. The Kier molecular flexibility index (Phi) is 3.99. The maximum atomic E-state index is 12.3. The maximum Gasteiger partial charge on any atom is 0.270 e. The number of hydrogen-bond donors (Lipinski definition) is 1. The molecule has 0 spiro atoms. The van der Waals surface area contributed by atoms with Crippen LogP contribution in [0.1, 0.15) is 12.5 Å². The van der Waals surface area contributed by atoms with Crippen molar-refractivity contribution in [2.24, 2.45) is 0 Å². The Hall–Kier alpha value is -3.22. The number of nitrogens with zero attached hydrogens (tertiary/aromatic N) is 2. The van der Waals surface area contributed by atoms with Gasteiger partial charge in [-0.1, -0.05) is 12.1 Å². The van der Waals surface area contributed by atoms with Gasteiger partial charge < -0.3 is 9.72 Å². The smallest absolute Gasteiger partial charge is 0.270 e. The molecule has 122 valence electrons.